The van der Waals surface area contributed by atoms with E-state index in [0.29, 0.717) is 5.56 Å². The van der Waals surface area contributed by atoms with E-state index in [0.717, 1.165) is 18.2 Å². The number of aliphatic hydroxyl groups is 9. The quantitative estimate of drug-likeness (QED) is 0.0543. The van der Waals surface area contributed by atoms with Crippen molar-refractivity contribution in [1.29, 1.82) is 0 Å². The number of hydrogen-bond donors (Lipinski definition) is 12. The molecule has 7 rings (SSSR count). The van der Waals surface area contributed by atoms with Crippen molar-refractivity contribution in [3.8, 4) is 40.1 Å². The molecule has 3 fully saturated rings. The van der Waals surface area contributed by atoms with Gasteiger partial charge in [0.2, 0.25) is 23.8 Å². The van der Waals surface area contributed by atoms with Crippen molar-refractivity contribution in [1.82, 2.24) is 0 Å². The average molecular weight is 903 g/mol. The number of aliphatic hydroxyl groups excluding tert-OH is 9. The summed E-state index contributed by atoms with van der Waals surface area (Å²) in [6, 6.07) is 13.1. The molecule has 3 saturated heterocycles. The third-order valence-corrected chi connectivity index (χ3v) is 10.8. The molecule has 0 unspecified atom stereocenters. The average Bonchev–Trinajstić information content (AvgIpc) is 3.27. The van der Waals surface area contributed by atoms with Crippen molar-refractivity contribution in [3.05, 3.63) is 82.5 Å². The number of benzene rings is 3. The standard InChI is InChI=1S/C42H46O22/c1-16-28(48)38(63-41-35(55)33(53)30(50)25(62-41)15-57-26(47)11-4-17-2-7-19(44)8-3-17)36(56)42(58-16)59-21-12-22(46)27-23(13-21)60-37(18-5-9-20(45)10-6-18)39(31(27)51)64-40-34(54)32(52)29(49)24(14-43)61-40/h2-13,16,24-25,28-30,32-36,38,40-46,48-50,52-56H,14-15H2,1H3/b11-4+/t16-,24+,25+,28-,29+,30-,32+,33+,34+,35+,36+,38-,40-,41+,42-/m0/s1. The van der Waals surface area contributed by atoms with E-state index in [1.807, 2.05) is 0 Å². The van der Waals surface area contributed by atoms with Crippen molar-refractivity contribution in [2.45, 2.75) is 99.0 Å². The van der Waals surface area contributed by atoms with Crippen LogP contribution in [0.2, 0.25) is 0 Å². The molecule has 1 aromatic heterocycles. The van der Waals surface area contributed by atoms with Crippen molar-refractivity contribution in [2.24, 2.45) is 0 Å². The lowest BCUT2D eigenvalue weighted by Crippen LogP contribution is -2.64. The van der Waals surface area contributed by atoms with Crippen LogP contribution in [0.15, 0.2) is 76.0 Å². The fourth-order valence-electron chi connectivity index (χ4n) is 7.19. The normalized spacial score (nSPS) is 33.2. The van der Waals surface area contributed by atoms with Gasteiger partial charge in [-0.05, 0) is 55.0 Å². The lowest BCUT2D eigenvalue weighted by molar-refractivity contribution is -0.350. The molecule has 64 heavy (non-hydrogen) atoms. The minimum atomic E-state index is -1.95. The van der Waals surface area contributed by atoms with Crippen LogP contribution in [0.1, 0.15) is 12.5 Å². The van der Waals surface area contributed by atoms with Crippen LogP contribution < -0.4 is 14.9 Å². The van der Waals surface area contributed by atoms with Gasteiger partial charge in [0.15, 0.2) is 12.1 Å². The summed E-state index contributed by atoms with van der Waals surface area (Å²) >= 11 is 0. The van der Waals surface area contributed by atoms with Gasteiger partial charge < -0.3 is 98.9 Å². The maximum Gasteiger partial charge on any atom is 0.330 e. The Kier molecular flexibility index (Phi) is 14.1. The molecule has 15 atom stereocenters. The Balaban J connectivity index is 1.10. The Bertz CT molecular complexity index is 2330. The summed E-state index contributed by atoms with van der Waals surface area (Å²) in [7, 11) is 0. The van der Waals surface area contributed by atoms with E-state index in [-0.39, 0.29) is 34.2 Å². The molecule has 346 valence electrons. The van der Waals surface area contributed by atoms with Crippen LogP contribution in [0.3, 0.4) is 0 Å². The molecule has 12 N–H and O–H groups in total. The fourth-order valence-corrected chi connectivity index (χ4v) is 7.19. The molecule has 0 saturated carbocycles. The Morgan fingerprint density at radius 3 is 1.94 bits per heavy atom. The number of aromatic hydroxyl groups is 3. The second kappa shape index (κ2) is 19.3. The molecule has 4 aromatic rings. The van der Waals surface area contributed by atoms with Crippen molar-refractivity contribution in [3.63, 3.8) is 0 Å². The largest absolute Gasteiger partial charge is 0.508 e. The van der Waals surface area contributed by atoms with Crippen LogP contribution in [-0.4, -0.2) is 173 Å². The van der Waals surface area contributed by atoms with Crippen LogP contribution >= 0.6 is 0 Å². The first kappa shape index (κ1) is 46.5. The predicted molar refractivity (Wildman–Crippen MR) is 212 cm³/mol. The number of esters is 1. The van der Waals surface area contributed by atoms with Gasteiger partial charge in [0, 0.05) is 23.8 Å². The molecule has 3 aliphatic rings. The van der Waals surface area contributed by atoms with Crippen LogP contribution in [0, 0.1) is 0 Å². The first-order valence-electron chi connectivity index (χ1n) is 19.7. The van der Waals surface area contributed by atoms with Gasteiger partial charge in [0.1, 0.15) is 108 Å². The van der Waals surface area contributed by atoms with Gasteiger partial charge in [0.25, 0.3) is 0 Å². The molecule has 0 radical (unpaired) electrons. The first-order valence-corrected chi connectivity index (χ1v) is 19.7. The van der Waals surface area contributed by atoms with Crippen LogP contribution in [0.25, 0.3) is 28.4 Å². The van der Waals surface area contributed by atoms with E-state index in [1.165, 1.54) is 61.5 Å². The smallest absolute Gasteiger partial charge is 0.330 e. The highest BCUT2D eigenvalue weighted by Gasteiger charge is 2.51. The number of carbonyl (C=O) groups is 1. The predicted octanol–water partition coefficient (Wildman–Crippen LogP) is -1.95. The molecular formula is C42H46O22. The van der Waals surface area contributed by atoms with E-state index in [1.54, 1.807) is 0 Å². The third-order valence-electron chi connectivity index (χ3n) is 10.8. The van der Waals surface area contributed by atoms with Gasteiger partial charge in [-0.25, -0.2) is 4.79 Å². The van der Waals surface area contributed by atoms with Crippen molar-refractivity contribution in [2.75, 3.05) is 13.2 Å². The van der Waals surface area contributed by atoms with Gasteiger partial charge in [0.05, 0.1) is 12.7 Å². The number of phenolic OH excluding ortho intramolecular Hbond substituents is 3. The van der Waals surface area contributed by atoms with Crippen LogP contribution in [-0.2, 0) is 28.5 Å². The number of ether oxygens (including phenoxy) is 7. The lowest BCUT2D eigenvalue weighted by atomic mass is 9.97. The summed E-state index contributed by atoms with van der Waals surface area (Å²) < 4.78 is 45.3. The van der Waals surface area contributed by atoms with E-state index >= 15 is 0 Å². The number of rotatable bonds is 12. The molecule has 4 heterocycles. The molecule has 0 spiro atoms. The maximum absolute atomic E-state index is 14.1. The van der Waals surface area contributed by atoms with Gasteiger partial charge >= 0.3 is 5.97 Å². The monoisotopic (exact) mass is 902 g/mol. The zero-order chi connectivity index (χ0) is 46.1. The van der Waals surface area contributed by atoms with Gasteiger partial charge in [-0.3, -0.25) is 4.79 Å². The Labute approximate surface area is 361 Å². The highest BCUT2D eigenvalue weighted by atomic mass is 16.7. The summed E-state index contributed by atoms with van der Waals surface area (Å²) in [5.41, 5.74) is -0.712. The SMILES string of the molecule is C[C@@H]1O[C@@H](Oc2cc(O)c3c(=O)c(O[C@@H]4O[C@H](CO)[C@@H](O)[C@@H](O)[C@H]4O)c(-c4ccc(O)cc4)oc3c2)[C@H](O)[C@@H](O[C@H]2O[C@H](COC(=O)/C=C/c3ccc(O)cc3)[C@H](O)[C@@H](O)[C@H]2O)[C@H]1O. The second-order valence-electron chi connectivity index (χ2n) is 15.2. The Morgan fingerprint density at radius 1 is 0.688 bits per heavy atom. The van der Waals surface area contributed by atoms with E-state index in [4.69, 9.17) is 37.6 Å². The summed E-state index contributed by atoms with van der Waals surface area (Å²) in [5, 5.41) is 125. The number of phenols is 3. The molecule has 0 bridgehead atoms. The molecular weight excluding hydrogens is 856 g/mol. The van der Waals surface area contributed by atoms with Crippen molar-refractivity contribution >= 4 is 23.0 Å². The minimum absolute atomic E-state index is 0.0193. The minimum Gasteiger partial charge on any atom is -0.508 e. The molecule has 3 aliphatic heterocycles. The highest BCUT2D eigenvalue weighted by molar-refractivity contribution is 5.88. The lowest BCUT2D eigenvalue weighted by Gasteiger charge is -2.45. The van der Waals surface area contributed by atoms with Crippen LogP contribution in [0.4, 0.5) is 0 Å². The van der Waals surface area contributed by atoms with Gasteiger partial charge in [-0.1, -0.05) is 12.1 Å². The summed E-state index contributed by atoms with van der Waals surface area (Å²) in [4.78, 5) is 26.5. The Hall–Kier alpha value is -5.44. The first-order chi connectivity index (χ1) is 30.4. The molecule has 0 amide bonds. The number of fused-ring (bicyclic) bond motifs is 1. The third kappa shape index (κ3) is 9.64. The molecule has 22 nitrogen and oxygen atoms in total. The summed E-state index contributed by atoms with van der Waals surface area (Å²) in [5.74, 6) is -3.07. The second-order valence-corrected chi connectivity index (χ2v) is 15.2. The number of carbonyl (C=O) groups excluding carboxylic acids is 1. The van der Waals surface area contributed by atoms with Crippen molar-refractivity contribution < 1.29 is 104 Å². The van der Waals surface area contributed by atoms with E-state index < -0.39 is 134 Å². The Morgan fingerprint density at radius 2 is 1.28 bits per heavy atom. The number of hydrogen-bond acceptors (Lipinski definition) is 22. The highest BCUT2D eigenvalue weighted by Crippen LogP contribution is 2.39. The zero-order valence-corrected chi connectivity index (χ0v) is 33.5. The van der Waals surface area contributed by atoms with Gasteiger partial charge in [-0.15, -0.1) is 0 Å². The molecule has 0 aliphatic carbocycles. The summed E-state index contributed by atoms with van der Waals surface area (Å²) in [6.07, 6.45) is -23.5. The molecule has 3 aromatic carbocycles. The maximum atomic E-state index is 14.1. The topological polar surface area (TPSA) is 355 Å². The summed E-state index contributed by atoms with van der Waals surface area (Å²) in [6.45, 7) is -0.0602. The van der Waals surface area contributed by atoms with Gasteiger partial charge in [-0.2, -0.15) is 0 Å². The zero-order valence-electron chi connectivity index (χ0n) is 33.5. The van der Waals surface area contributed by atoms with Crippen LogP contribution in [0.5, 0.6) is 28.7 Å². The van der Waals surface area contributed by atoms with E-state index in [2.05, 4.69) is 0 Å². The molecule has 22 heteroatoms. The fraction of sp³-hybridized carbons (Fsp3) is 0.429. The van der Waals surface area contributed by atoms with E-state index in [9.17, 15) is 70.9 Å².